The number of rotatable bonds is 5. The van der Waals surface area contributed by atoms with Gasteiger partial charge in [0.05, 0.1) is 6.61 Å². The molecule has 2 aromatic carbocycles. The number of ether oxygens (including phenoxy) is 1. The summed E-state index contributed by atoms with van der Waals surface area (Å²) in [4.78, 5) is 13.4. The number of aliphatic hydroxyl groups excluding tert-OH is 4. The Morgan fingerprint density at radius 2 is 1.74 bits per heavy atom. The van der Waals surface area contributed by atoms with Gasteiger partial charge in [-0.05, 0) is 29.9 Å². The van der Waals surface area contributed by atoms with E-state index in [1.165, 1.54) is 0 Å². The van der Waals surface area contributed by atoms with Crippen LogP contribution < -0.4 is 11.2 Å². The highest BCUT2D eigenvalue weighted by atomic mass is 32.1. The van der Waals surface area contributed by atoms with Gasteiger partial charge < -0.3 is 35.5 Å². The first-order valence-electron chi connectivity index (χ1n) is 10.6. The van der Waals surface area contributed by atoms with Crippen molar-refractivity contribution in [3.63, 3.8) is 0 Å². The van der Waals surface area contributed by atoms with Gasteiger partial charge in [-0.3, -0.25) is 10.2 Å². The normalized spacial score (nSPS) is 24.6. The van der Waals surface area contributed by atoms with E-state index < -0.39 is 43.2 Å². The highest BCUT2D eigenvalue weighted by molar-refractivity contribution is 7.80. The molecule has 180 valence electrons. The third kappa shape index (κ3) is 4.62. The Kier molecular flexibility index (Phi) is 7.12. The van der Waals surface area contributed by atoms with E-state index in [0.29, 0.717) is 12.2 Å². The number of thiocarbonyl (C=S) groups is 1. The second kappa shape index (κ2) is 10.1. The molecule has 0 saturated carbocycles. The molecule has 1 fully saturated rings. The Bertz CT molecular complexity index is 1170. The summed E-state index contributed by atoms with van der Waals surface area (Å²) in [5.41, 5.74) is 10.5. The van der Waals surface area contributed by atoms with E-state index in [9.17, 15) is 25.2 Å². The van der Waals surface area contributed by atoms with Crippen LogP contribution in [0.4, 0.5) is 0 Å². The van der Waals surface area contributed by atoms with Crippen molar-refractivity contribution in [3.05, 3.63) is 71.9 Å². The van der Waals surface area contributed by atoms with Crippen molar-refractivity contribution in [1.82, 2.24) is 15.0 Å². The summed E-state index contributed by atoms with van der Waals surface area (Å²) >= 11 is 5.05. The van der Waals surface area contributed by atoms with E-state index in [1.807, 2.05) is 59.2 Å². The van der Waals surface area contributed by atoms with Gasteiger partial charge in [-0.2, -0.15) is 0 Å². The molecule has 1 aromatic heterocycles. The van der Waals surface area contributed by atoms with Gasteiger partial charge >= 0.3 is 0 Å². The van der Waals surface area contributed by atoms with Gasteiger partial charge in [0.2, 0.25) is 0 Å². The summed E-state index contributed by atoms with van der Waals surface area (Å²) < 4.78 is 7.34. The number of nitrogens with zero attached hydrogens (tertiary/aromatic N) is 2. The minimum absolute atomic E-state index is 0.302. The van der Waals surface area contributed by atoms with Crippen LogP contribution in [0.25, 0.3) is 10.9 Å². The molecule has 3 aromatic rings. The number of para-hydroxylation sites is 1. The Balaban J connectivity index is 1.66. The lowest BCUT2D eigenvalue weighted by Gasteiger charge is -2.44. The number of aliphatic hydroxyl groups is 4. The molecule has 0 radical (unpaired) electrons. The average Bonchev–Trinajstić information content (AvgIpc) is 3.20. The standard InChI is InChI=1S/C23H26N4O6S/c24-23(34)27(22-20(31)19(30)18(29)17(12-28)33-22)25-21(32)16-10-14-8-4-5-9-15(14)26(16)11-13-6-2-1-3-7-13/h1-10,17-20,22,28-31H,11-12H2,(H2,24,34)(H,25,32)/t17-,18-,19+,20-,22-/m1/s1. The topological polar surface area (TPSA) is 153 Å². The van der Waals surface area contributed by atoms with Crippen molar-refractivity contribution in [2.24, 2.45) is 5.73 Å². The number of hydrogen-bond acceptors (Lipinski definition) is 7. The maximum atomic E-state index is 13.4. The van der Waals surface area contributed by atoms with Crippen LogP contribution in [-0.4, -0.2) is 78.3 Å². The SMILES string of the molecule is NC(=S)N(NC(=O)c1cc2ccccc2n1Cc1ccccc1)[C@@H]1O[C@H](CO)[C@@H](O)[C@H](O)[C@H]1O. The molecule has 5 atom stereocenters. The second-order valence-corrected chi connectivity index (χ2v) is 8.45. The molecule has 34 heavy (non-hydrogen) atoms. The third-order valence-corrected chi connectivity index (χ3v) is 6.00. The number of fused-ring (bicyclic) bond motifs is 1. The van der Waals surface area contributed by atoms with E-state index in [4.69, 9.17) is 22.7 Å². The molecule has 10 nitrogen and oxygen atoms in total. The molecular weight excluding hydrogens is 460 g/mol. The number of hydrogen-bond donors (Lipinski definition) is 6. The monoisotopic (exact) mass is 486 g/mol. The predicted molar refractivity (Wildman–Crippen MR) is 127 cm³/mol. The highest BCUT2D eigenvalue weighted by Gasteiger charge is 2.46. The van der Waals surface area contributed by atoms with Crippen molar-refractivity contribution in [3.8, 4) is 0 Å². The lowest BCUT2D eigenvalue weighted by molar-refractivity contribution is -0.259. The number of nitrogens with two attached hydrogens (primary N) is 1. The van der Waals surface area contributed by atoms with Crippen molar-refractivity contribution in [2.45, 2.75) is 37.2 Å². The maximum absolute atomic E-state index is 13.4. The summed E-state index contributed by atoms with van der Waals surface area (Å²) in [6, 6.07) is 18.9. The first-order chi connectivity index (χ1) is 16.3. The molecule has 1 amide bonds. The Hall–Kier alpha value is -3.06. The van der Waals surface area contributed by atoms with E-state index in [2.05, 4.69) is 5.43 Å². The van der Waals surface area contributed by atoms with Gasteiger partial charge in [-0.25, -0.2) is 5.01 Å². The van der Waals surface area contributed by atoms with Crippen LogP contribution >= 0.6 is 12.2 Å². The van der Waals surface area contributed by atoms with Crippen LogP contribution in [0.2, 0.25) is 0 Å². The lowest BCUT2D eigenvalue weighted by atomic mass is 9.98. The van der Waals surface area contributed by atoms with Crippen LogP contribution in [-0.2, 0) is 11.3 Å². The van der Waals surface area contributed by atoms with Crippen molar-refractivity contribution in [1.29, 1.82) is 0 Å². The molecule has 7 N–H and O–H groups in total. The lowest BCUT2D eigenvalue weighted by Crippen LogP contribution is -2.67. The predicted octanol–water partition coefficient (Wildman–Crippen LogP) is -0.320. The number of carbonyl (C=O) groups is 1. The Labute approximate surface area is 200 Å². The van der Waals surface area contributed by atoms with Crippen LogP contribution in [0.1, 0.15) is 16.1 Å². The molecular formula is C23H26N4O6S. The van der Waals surface area contributed by atoms with Gasteiger partial charge in [-0.15, -0.1) is 0 Å². The molecule has 0 aliphatic carbocycles. The number of aromatic nitrogens is 1. The van der Waals surface area contributed by atoms with Crippen molar-refractivity contribution < 1.29 is 30.0 Å². The molecule has 1 saturated heterocycles. The van der Waals surface area contributed by atoms with E-state index in [0.717, 1.165) is 21.5 Å². The minimum Gasteiger partial charge on any atom is -0.394 e. The summed E-state index contributed by atoms with van der Waals surface area (Å²) in [5.74, 6) is -0.586. The number of benzene rings is 2. The van der Waals surface area contributed by atoms with Gasteiger partial charge in [0.15, 0.2) is 11.3 Å². The molecule has 2 heterocycles. The molecule has 11 heteroatoms. The zero-order valence-corrected chi connectivity index (χ0v) is 18.9. The van der Waals surface area contributed by atoms with Crippen LogP contribution in [0, 0.1) is 0 Å². The molecule has 0 spiro atoms. The van der Waals surface area contributed by atoms with E-state index >= 15 is 0 Å². The zero-order chi connectivity index (χ0) is 24.4. The number of hydrazine groups is 1. The minimum atomic E-state index is -1.67. The fourth-order valence-corrected chi connectivity index (χ4v) is 4.19. The Morgan fingerprint density at radius 1 is 1.06 bits per heavy atom. The molecule has 0 unspecified atom stereocenters. The van der Waals surface area contributed by atoms with Gasteiger partial charge in [0.1, 0.15) is 30.1 Å². The quantitative estimate of drug-likeness (QED) is 0.210. The number of carbonyl (C=O) groups excluding carboxylic acids is 1. The summed E-state index contributed by atoms with van der Waals surface area (Å²) in [7, 11) is 0. The molecule has 0 bridgehead atoms. The molecule has 4 rings (SSSR count). The van der Waals surface area contributed by atoms with Crippen LogP contribution in [0.3, 0.4) is 0 Å². The Morgan fingerprint density at radius 3 is 2.41 bits per heavy atom. The first-order valence-corrected chi connectivity index (χ1v) is 11.0. The van der Waals surface area contributed by atoms with Crippen LogP contribution in [0.5, 0.6) is 0 Å². The van der Waals surface area contributed by atoms with Crippen LogP contribution in [0.15, 0.2) is 60.7 Å². The van der Waals surface area contributed by atoms with Gasteiger partial charge in [0.25, 0.3) is 5.91 Å². The van der Waals surface area contributed by atoms with Gasteiger partial charge in [0, 0.05) is 17.4 Å². The summed E-state index contributed by atoms with van der Waals surface area (Å²) in [5, 5.41) is 41.5. The first kappa shape index (κ1) is 24.1. The third-order valence-electron chi connectivity index (χ3n) is 5.81. The molecule has 1 aliphatic rings. The molecule has 1 aliphatic heterocycles. The fourth-order valence-electron chi connectivity index (χ4n) is 4.04. The number of nitrogens with one attached hydrogen (secondary N) is 1. The van der Waals surface area contributed by atoms with E-state index in [-0.39, 0.29) is 5.11 Å². The zero-order valence-electron chi connectivity index (χ0n) is 18.1. The summed E-state index contributed by atoms with van der Waals surface area (Å²) in [6.45, 7) is -0.212. The second-order valence-electron chi connectivity index (χ2n) is 8.03. The number of amides is 1. The van der Waals surface area contributed by atoms with Crippen molar-refractivity contribution in [2.75, 3.05) is 6.61 Å². The largest absolute Gasteiger partial charge is 0.394 e. The van der Waals surface area contributed by atoms with E-state index in [1.54, 1.807) is 6.07 Å². The fraction of sp³-hybridized carbons (Fsp3) is 0.304. The van der Waals surface area contributed by atoms with Crippen molar-refractivity contribution >= 4 is 34.1 Å². The smallest absolute Gasteiger partial charge is 0.286 e. The average molecular weight is 487 g/mol. The maximum Gasteiger partial charge on any atom is 0.286 e. The van der Waals surface area contributed by atoms with Gasteiger partial charge in [-0.1, -0.05) is 48.5 Å². The highest BCUT2D eigenvalue weighted by Crippen LogP contribution is 2.24. The summed E-state index contributed by atoms with van der Waals surface area (Å²) in [6.07, 6.45) is -7.52.